The van der Waals surface area contributed by atoms with Crippen LogP contribution in [0.25, 0.3) is 10.4 Å². The summed E-state index contributed by atoms with van der Waals surface area (Å²) in [5.41, 5.74) is 3.08. The second kappa shape index (κ2) is 32.5. The predicted octanol–water partition coefficient (Wildman–Crippen LogP) is 12.1. The highest BCUT2D eigenvalue weighted by Crippen LogP contribution is 2.77. The van der Waals surface area contributed by atoms with Gasteiger partial charge in [0.2, 0.25) is 23.6 Å². The fraction of sp³-hybridized carbons (Fsp3) is 0.564. The Morgan fingerprint density at radius 3 is 2.16 bits per heavy atom. The zero-order valence-corrected chi connectivity index (χ0v) is 64.8. The van der Waals surface area contributed by atoms with Gasteiger partial charge in [-0.3, -0.25) is 28.9 Å². The van der Waals surface area contributed by atoms with Gasteiger partial charge in [0.25, 0.3) is 25.8 Å². The van der Waals surface area contributed by atoms with Crippen LogP contribution in [0.2, 0.25) is 0 Å². The van der Waals surface area contributed by atoms with Gasteiger partial charge >= 0.3 is 5.51 Å². The highest BCUT2D eigenvalue weighted by Gasteiger charge is 2.67. The molecule has 0 radical (unpaired) electrons. The van der Waals surface area contributed by atoms with Crippen molar-refractivity contribution in [2.45, 2.75) is 196 Å². The molecule has 4 aliphatic carbocycles. The number of hydrogen-bond acceptors (Lipinski definition) is 17. The van der Waals surface area contributed by atoms with Crippen LogP contribution in [-0.4, -0.2) is 172 Å². The first kappa shape index (κ1) is 79.2. The fourth-order valence-corrected chi connectivity index (χ4v) is 20.2. The summed E-state index contributed by atoms with van der Waals surface area (Å²) in [5, 5.41) is 22.8. The lowest BCUT2D eigenvalue weighted by Gasteiger charge is -2.72. The first-order valence-electron chi connectivity index (χ1n) is 36.9. The normalized spacial score (nSPS) is 23.0. The standard InChI is InChI=1S/C78H103F3N10O10S4/c1-51(53-19-21-54(22-20-53)68-52(2)83-50-103-68)84-72(96)65-40-60(92)45-91(65)73(97)69(74(3,4)5)86-67(93)18-14-9-10-15-33-82-70(94)57-30-34-88(44-57)35-31-58(46-102-61-16-12-11-13-17-61)85-64-28-27-62(41-66(64)104(98,99)78(79,80)81)105(100,101)87-71(95)55-23-25-59(26-24-55)90-38-36-89(37-39-90)43-56-29-32-75(6,7)42-63(56)77-47-76(8,48-77)49-77/h11-13,16-17,19-28,41,50-51,57-58,60,65,69,85,92H,9-10,14-15,18,29-40,42-49H2,1-8H3,(H,82,94)(H,84,96)(H,86,93)(H,87,95)/t51-,57-,58+,60+,65-,69+,76?,77?/m0/s1. The second-order valence-corrected chi connectivity index (χ2v) is 37.8. The van der Waals surface area contributed by atoms with Crippen LogP contribution in [0.3, 0.4) is 0 Å². The van der Waals surface area contributed by atoms with Gasteiger partial charge in [-0.1, -0.05) is 108 Å². The van der Waals surface area contributed by atoms with E-state index in [9.17, 15) is 59.1 Å². The first-order chi connectivity index (χ1) is 49.6. The van der Waals surface area contributed by atoms with Gasteiger partial charge in [0.15, 0.2) is 0 Å². The van der Waals surface area contributed by atoms with E-state index in [1.54, 1.807) is 40.1 Å². The number of allylic oxidation sites excluding steroid dienone is 1. The highest BCUT2D eigenvalue weighted by molar-refractivity contribution is 7.99. The molecule has 4 aromatic carbocycles. The number of hydrogen-bond donors (Lipinski definition) is 6. The molecular formula is C78H103F3N10O10S4. The average molecular weight is 1530 g/mol. The van der Waals surface area contributed by atoms with E-state index < -0.39 is 88.2 Å². The number of sulfonamides is 1. The van der Waals surface area contributed by atoms with Crippen LogP contribution < -0.4 is 30.9 Å². The van der Waals surface area contributed by atoms with Gasteiger partial charge < -0.3 is 41.1 Å². The van der Waals surface area contributed by atoms with Gasteiger partial charge in [-0.15, -0.1) is 23.1 Å². The lowest BCUT2D eigenvalue weighted by molar-refractivity contribution is -0.167. The number of nitrogens with one attached hydrogen (secondary N) is 5. The summed E-state index contributed by atoms with van der Waals surface area (Å²) in [6, 6.07) is 23.0. The Hall–Kier alpha value is -6.88. The van der Waals surface area contributed by atoms with Gasteiger partial charge in [-0.25, -0.2) is 26.5 Å². The number of likely N-dealkylation sites (tertiary alicyclic amines) is 2. The van der Waals surface area contributed by atoms with Crippen molar-refractivity contribution in [1.29, 1.82) is 0 Å². The molecular weight excluding hydrogens is 1420 g/mol. The number of rotatable bonds is 30. The van der Waals surface area contributed by atoms with Gasteiger partial charge in [0.05, 0.1) is 44.7 Å². The summed E-state index contributed by atoms with van der Waals surface area (Å²) in [7, 11) is -11.1. The van der Waals surface area contributed by atoms with Crippen molar-refractivity contribution in [3.05, 3.63) is 131 Å². The molecule has 3 saturated heterocycles. The lowest BCUT2D eigenvalue weighted by atomic mass is 9.33. The van der Waals surface area contributed by atoms with Crippen molar-refractivity contribution in [2.75, 3.05) is 81.4 Å². The molecule has 105 heavy (non-hydrogen) atoms. The van der Waals surface area contributed by atoms with Crippen LogP contribution in [0.1, 0.15) is 166 Å². The number of carbonyl (C=O) groups excluding carboxylic acids is 5. The Morgan fingerprint density at radius 1 is 0.810 bits per heavy atom. The van der Waals surface area contributed by atoms with E-state index in [1.807, 2.05) is 93.9 Å². The molecule has 7 aliphatic rings. The topological polar surface area (TPSA) is 260 Å². The number of aromatic nitrogens is 1. The van der Waals surface area contributed by atoms with E-state index in [2.05, 4.69) is 61.7 Å². The van der Waals surface area contributed by atoms with Gasteiger partial charge in [0.1, 0.15) is 17.0 Å². The molecule has 6 atom stereocenters. The number of halogens is 3. The number of benzene rings is 4. The monoisotopic (exact) mass is 1520 g/mol. The lowest BCUT2D eigenvalue weighted by Crippen LogP contribution is -2.61. The number of anilines is 2. The van der Waals surface area contributed by atoms with Crippen LogP contribution in [0.4, 0.5) is 24.5 Å². The van der Waals surface area contributed by atoms with Crippen LogP contribution in [0.15, 0.2) is 128 Å². The van der Waals surface area contributed by atoms with Gasteiger partial charge in [-0.05, 0) is 172 Å². The molecule has 6 N–H and O–H groups in total. The smallest absolute Gasteiger partial charge is 0.391 e. The fourth-order valence-electron chi connectivity index (χ4n) is 16.4. The third-order valence-electron chi connectivity index (χ3n) is 22.2. The summed E-state index contributed by atoms with van der Waals surface area (Å²) in [4.78, 5) is 80.9. The zero-order valence-electron chi connectivity index (χ0n) is 61.6. The van der Waals surface area contributed by atoms with Crippen LogP contribution in [-0.2, 0) is 39.0 Å². The number of aliphatic hydroxyl groups excluding tert-OH is 1. The minimum atomic E-state index is -6.17. The number of alkyl halides is 3. The summed E-state index contributed by atoms with van der Waals surface area (Å²) in [6.07, 6.45) is 10.2. The van der Waals surface area contributed by atoms with Crippen LogP contribution in [0.5, 0.6) is 0 Å². The molecule has 3 aliphatic heterocycles. The molecule has 5 amide bonds. The molecule has 3 saturated carbocycles. The summed E-state index contributed by atoms with van der Waals surface area (Å²) in [5.74, 6) is -2.42. The molecule has 0 unspecified atom stereocenters. The van der Waals surface area contributed by atoms with E-state index >= 15 is 0 Å². The number of thioether (sulfide) groups is 1. The van der Waals surface area contributed by atoms with Crippen LogP contribution in [0, 0.1) is 34.5 Å². The molecule has 0 spiro atoms. The molecule has 5 aromatic rings. The Labute approximate surface area is 625 Å². The SMILES string of the molecule is Cc1ncsc1-c1ccc([C@H](C)NC(=O)[C@@H]2C[C@@H](O)CN2C(=O)[C@@H](NC(=O)CCCCCCNC(=O)[C@H]2CCN(CC[C@H](CSc3ccccc3)Nc3ccc(S(=O)(=O)NC(=O)c4ccc(N5CCN(CC6=C(C78CC(C)(C7)C8)CC(C)(C)CC6)CC5)cc4)cc3S(=O)(=O)C(F)(F)F)C2)C(C)(C)C)cc1. The maximum atomic E-state index is 14.6. The largest absolute Gasteiger partial charge is 0.501 e. The van der Waals surface area contributed by atoms with Crippen molar-refractivity contribution in [3.63, 3.8) is 0 Å². The summed E-state index contributed by atoms with van der Waals surface area (Å²) >= 11 is 2.95. The number of β-amino-alcohol motifs (C(OH)–C–C–N with tert-alkyl or cyclic N) is 1. The zero-order chi connectivity index (χ0) is 75.4. The third kappa shape index (κ3) is 19.2. The summed E-state index contributed by atoms with van der Waals surface area (Å²) < 4.78 is 100. The van der Waals surface area contributed by atoms with Crippen LogP contribution >= 0.6 is 23.1 Å². The predicted molar refractivity (Wildman–Crippen MR) is 405 cm³/mol. The van der Waals surface area contributed by atoms with Crippen molar-refractivity contribution < 1.29 is 59.1 Å². The molecule has 570 valence electrons. The van der Waals surface area contributed by atoms with E-state index in [0.29, 0.717) is 87.0 Å². The molecule has 4 heterocycles. The van der Waals surface area contributed by atoms with E-state index in [4.69, 9.17) is 0 Å². The van der Waals surface area contributed by atoms with Crippen molar-refractivity contribution in [1.82, 2.24) is 40.4 Å². The van der Waals surface area contributed by atoms with Gasteiger partial charge in [-0.2, -0.15) is 13.2 Å². The Bertz CT molecular complexity index is 4200. The van der Waals surface area contributed by atoms with E-state index in [1.165, 1.54) is 60.9 Å². The minimum Gasteiger partial charge on any atom is -0.391 e. The number of sulfone groups is 1. The number of thiazole rings is 1. The molecule has 20 nitrogen and oxygen atoms in total. The maximum Gasteiger partial charge on any atom is 0.501 e. The van der Waals surface area contributed by atoms with Crippen molar-refractivity contribution in [3.8, 4) is 10.4 Å². The molecule has 2 bridgehead atoms. The number of nitrogens with zero attached hydrogens (tertiary/aromatic N) is 5. The molecule has 27 heteroatoms. The number of piperazine rings is 1. The molecule has 1 aromatic heterocycles. The summed E-state index contributed by atoms with van der Waals surface area (Å²) in [6.45, 7) is 22.5. The number of amides is 5. The number of aryl methyl sites for hydroxylation is 1. The number of carbonyl (C=O) groups is 5. The number of unbranched alkanes of at least 4 members (excludes halogenated alkanes) is 3. The molecule has 12 rings (SSSR count). The first-order valence-corrected chi connectivity index (χ1v) is 41.8. The second-order valence-electron chi connectivity index (χ2n) is 32.3. The van der Waals surface area contributed by atoms with E-state index in [-0.39, 0.29) is 54.5 Å². The molecule has 6 fully saturated rings. The average Bonchev–Trinajstić information content (AvgIpc) is 1.02. The maximum absolute atomic E-state index is 14.6. The number of aliphatic hydroxyl groups is 1. The van der Waals surface area contributed by atoms with Gasteiger partial charge in [0, 0.05) is 99.7 Å². The minimum absolute atomic E-state index is 0.0188. The Balaban J connectivity index is 0.630. The Morgan fingerprint density at radius 2 is 1.50 bits per heavy atom. The van der Waals surface area contributed by atoms with E-state index in [0.717, 1.165) is 83.6 Å². The highest BCUT2D eigenvalue weighted by atomic mass is 32.2. The van der Waals surface area contributed by atoms with Crippen molar-refractivity contribution in [2.24, 2.45) is 27.6 Å². The third-order valence-corrected chi connectivity index (χ3v) is 27.2. The Kier molecular flexibility index (Phi) is 24.5. The van der Waals surface area contributed by atoms with Crippen molar-refractivity contribution >= 4 is 83.9 Å². The quantitative estimate of drug-likeness (QED) is 0.0142.